The molecule has 4 rings (SSSR count). The van der Waals surface area contributed by atoms with E-state index in [0.717, 1.165) is 11.3 Å². The molecule has 2 aromatic heterocycles. The summed E-state index contributed by atoms with van der Waals surface area (Å²) in [6.07, 6.45) is 3.32. The Morgan fingerprint density at radius 2 is 1.79 bits per heavy atom. The van der Waals surface area contributed by atoms with Gasteiger partial charge in [-0.1, -0.05) is 35.5 Å². The number of aromatic nitrogens is 3. The summed E-state index contributed by atoms with van der Waals surface area (Å²) in [5.41, 5.74) is 2.30. The third-order valence-corrected chi connectivity index (χ3v) is 6.66. The third-order valence-electron chi connectivity index (χ3n) is 4.77. The Hall–Kier alpha value is -2.78. The monoisotopic (exact) mass is 399 g/mol. The highest BCUT2D eigenvalue weighted by molar-refractivity contribution is 7.89. The molecule has 1 saturated heterocycles. The molecular weight excluding hydrogens is 378 g/mol. The Bertz CT molecular complexity index is 1040. The first-order valence-corrected chi connectivity index (χ1v) is 10.7. The maximum Gasteiger partial charge on any atom is 0.213 e. The number of hydrogen-bond donors (Lipinski definition) is 0. The topological polar surface area (TPSA) is 92.4 Å². The summed E-state index contributed by atoms with van der Waals surface area (Å²) >= 11 is 0. The standard InChI is InChI=1S/C19H21N5O3S/c1-2-28(25,26)24-10-8-23(9-11-24)19-14-20-13-17(21-19)18-12-16(22-27-18)15-6-4-3-5-7-15/h3-7,12-14H,2,8-11H2,1H3. The van der Waals surface area contributed by atoms with Gasteiger partial charge in [-0.15, -0.1) is 0 Å². The molecule has 0 N–H and O–H groups in total. The van der Waals surface area contributed by atoms with Gasteiger partial charge in [-0.05, 0) is 6.92 Å². The Morgan fingerprint density at radius 3 is 2.50 bits per heavy atom. The van der Waals surface area contributed by atoms with Crippen molar-refractivity contribution in [3.05, 3.63) is 48.8 Å². The highest BCUT2D eigenvalue weighted by Crippen LogP contribution is 2.26. The highest BCUT2D eigenvalue weighted by atomic mass is 32.2. The molecule has 8 nitrogen and oxygen atoms in total. The number of hydrogen-bond acceptors (Lipinski definition) is 7. The predicted octanol–water partition coefficient (Wildman–Crippen LogP) is 2.27. The van der Waals surface area contributed by atoms with Crippen LogP contribution in [0.1, 0.15) is 6.92 Å². The average molecular weight is 399 g/mol. The maximum atomic E-state index is 12.0. The van der Waals surface area contributed by atoms with Crippen LogP contribution in [0, 0.1) is 0 Å². The fourth-order valence-electron chi connectivity index (χ4n) is 3.15. The molecule has 0 saturated carbocycles. The average Bonchev–Trinajstić information content (AvgIpc) is 3.25. The van der Waals surface area contributed by atoms with Crippen LogP contribution in [0.3, 0.4) is 0 Å². The number of benzene rings is 1. The van der Waals surface area contributed by atoms with Gasteiger partial charge in [-0.2, -0.15) is 4.31 Å². The van der Waals surface area contributed by atoms with Gasteiger partial charge in [0.25, 0.3) is 0 Å². The van der Waals surface area contributed by atoms with E-state index in [1.165, 1.54) is 4.31 Å². The lowest BCUT2D eigenvalue weighted by Crippen LogP contribution is -2.49. The second-order valence-corrected chi connectivity index (χ2v) is 8.75. The lowest BCUT2D eigenvalue weighted by atomic mass is 10.1. The van der Waals surface area contributed by atoms with Crippen molar-refractivity contribution < 1.29 is 12.9 Å². The Labute approximate surface area is 163 Å². The highest BCUT2D eigenvalue weighted by Gasteiger charge is 2.26. The number of anilines is 1. The second kappa shape index (κ2) is 7.69. The van der Waals surface area contributed by atoms with Gasteiger partial charge in [-0.25, -0.2) is 13.4 Å². The first kappa shape index (κ1) is 18.6. The van der Waals surface area contributed by atoms with Crippen LogP contribution in [0.5, 0.6) is 0 Å². The van der Waals surface area contributed by atoms with E-state index in [4.69, 9.17) is 4.52 Å². The summed E-state index contributed by atoms with van der Waals surface area (Å²) in [4.78, 5) is 11.0. The molecule has 0 spiro atoms. The van der Waals surface area contributed by atoms with E-state index >= 15 is 0 Å². The van der Waals surface area contributed by atoms with Gasteiger partial charge >= 0.3 is 0 Å². The van der Waals surface area contributed by atoms with Gasteiger partial charge in [0, 0.05) is 37.8 Å². The van der Waals surface area contributed by atoms with E-state index in [-0.39, 0.29) is 5.75 Å². The van der Waals surface area contributed by atoms with Crippen molar-refractivity contribution in [2.75, 3.05) is 36.8 Å². The number of rotatable bonds is 5. The van der Waals surface area contributed by atoms with Gasteiger partial charge in [0.05, 0.1) is 18.1 Å². The molecule has 0 bridgehead atoms. The summed E-state index contributed by atoms with van der Waals surface area (Å²) in [5, 5.41) is 4.12. The summed E-state index contributed by atoms with van der Waals surface area (Å²) < 4.78 is 31.0. The molecule has 1 aliphatic heterocycles. The Morgan fingerprint density at radius 1 is 1.04 bits per heavy atom. The molecule has 0 unspecified atom stereocenters. The van der Waals surface area contributed by atoms with E-state index in [2.05, 4.69) is 15.1 Å². The molecule has 3 heterocycles. The van der Waals surface area contributed by atoms with Crippen LogP contribution >= 0.6 is 0 Å². The first-order valence-electron chi connectivity index (χ1n) is 9.14. The Kier molecular flexibility index (Phi) is 5.10. The SMILES string of the molecule is CCS(=O)(=O)N1CCN(c2cncc(-c3cc(-c4ccccc4)no3)n2)CC1. The quantitative estimate of drug-likeness (QED) is 0.650. The van der Waals surface area contributed by atoms with Gasteiger partial charge in [0.1, 0.15) is 17.2 Å². The van der Waals surface area contributed by atoms with Crippen LogP contribution in [-0.2, 0) is 10.0 Å². The van der Waals surface area contributed by atoms with Crippen molar-refractivity contribution >= 4 is 15.8 Å². The van der Waals surface area contributed by atoms with Gasteiger partial charge in [-0.3, -0.25) is 4.98 Å². The molecule has 0 amide bonds. The molecular formula is C19H21N5O3S. The van der Waals surface area contributed by atoms with Gasteiger partial charge < -0.3 is 9.42 Å². The molecule has 3 aromatic rings. The fraction of sp³-hybridized carbons (Fsp3) is 0.316. The van der Waals surface area contributed by atoms with E-state index < -0.39 is 10.0 Å². The minimum Gasteiger partial charge on any atom is -0.354 e. The van der Waals surface area contributed by atoms with E-state index in [1.807, 2.05) is 41.3 Å². The molecule has 146 valence electrons. The zero-order chi connectivity index (χ0) is 19.6. The van der Waals surface area contributed by atoms with E-state index in [1.54, 1.807) is 19.3 Å². The number of sulfonamides is 1. The van der Waals surface area contributed by atoms with Crippen molar-refractivity contribution in [3.63, 3.8) is 0 Å². The van der Waals surface area contributed by atoms with Crippen molar-refractivity contribution in [1.29, 1.82) is 0 Å². The fourth-order valence-corrected chi connectivity index (χ4v) is 4.23. The molecule has 9 heteroatoms. The zero-order valence-electron chi connectivity index (χ0n) is 15.5. The third kappa shape index (κ3) is 3.76. The molecule has 1 fully saturated rings. The predicted molar refractivity (Wildman–Crippen MR) is 106 cm³/mol. The zero-order valence-corrected chi connectivity index (χ0v) is 16.3. The van der Waals surface area contributed by atoms with Crippen LogP contribution < -0.4 is 4.90 Å². The minimum atomic E-state index is -3.15. The number of piperazine rings is 1. The van der Waals surface area contributed by atoms with Crippen molar-refractivity contribution in [2.24, 2.45) is 0 Å². The normalized spacial score (nSPS) is 15.7. The minimum absolute atomic E-state index is 0.123. The van der Waals surface area contributed by atoms with Gasteiger partial charge in [0.15, 0.2) is 5.76 Å². The molecule has 0 radical (unpaired) electrons. The summed E-state index contributed by atoms with van der Waals surface area (Å²) in [7, 11) is -3.15. The van der Waals surface area contributed by atoms with Crippen LogP contribution in [0.25, 0.3) is 22.7 Å². The molecule has 1 aromatic carbocycles. The molecule has 0 aliphatic carbocycles. The second-order valence-electron chi connectivity index (χ2n) is 6.49. The van der Waals surface area contributed by atoms with Crippen LogP contribution in [0.4, 0.5) is 5.82 Å². The molecule has 0 atom stereocenters. The smallest absolute Gasteiger partial charge is 0.213 e. The van der Waals surface area contributed by atoms with Crippen molar-refractivity contribution in [1.82, 2.24) is 19.4 Å². The molecule has 1 aliphatic rings. The van der Waals surface area contributed by atoms with E-state index in [0.29, 0.717) is 43.5 Å². The first-order chi connectivity index (χ1) is 13.6. The number of nitrogens with zero attached hydrogens (tertiary/aromatic N) is 5. The van der Waals surface area contributed by atoms with Crippen LogP contribution in [0.2, 0.25) is 0 Å². The molecule has 28 heavy (non-hydrogen) atoms. The van der Waals surface area contributed by atoms with Gasteiger partial charge in [0.2, 0.25) is 10.0 Å². The summed E-state index contributed by atoms with van der Waals surface area (Å²) in [5.74, 6) is 1.36. The summed E-state index contributed by atoms with van der Waals surface area (Å²) in [6.45, 7) is 3.70. The Balaban J connectivity index is 1.51. The summed E-state index contributed by atoms with van der Waals surface area (Å²) in [6, 6.07) is 11.6. The van der Waals surface area contributed by atoms with Crippen molar-refractivity contribution in [3.8, 4) is 22.7 Å². The van der Waals surface area contributed by atoms with Crippen molar-refractivity contribution in [2.45, 2.75) is 6.92 Å². The maximum absolute atomic E-state index is 12.0. The van der Waals surface area contributed by atoms with E-state index in [9.17, 15) is 8.42 Å². The lowest BCUT2D eigenvalue weighted by Gasteiger charge is -2.34. The largest absolute Gasteiger partial charge is 0.354 e. The van der Waals surface area contributed by atoms with Crippen LogP contribution in [-0.4, -0.2) is 59.8 Å². The van der Waals surface area contributed by atoms with Crippen LogP contribution in [0.15, 0.2) is 53.3 Å². The lowest BCUT2D eigenvalue weighted by molar-refractivity contribution is 0.384.